The van der Waals surface area contributed by atoms with Gasteiger partial charge in [-0.15, -0.1) is 0 Å². The summed E-state index contributed by atoms with van der Waals surface area (Å²) in [5, 5.41) is 22.6. The molecule has 4 heteroatoms. The Hall–Kier alpha value is -1.39. The lowest BCUT2D eigenvalue weighted by molar-refractivity contribution is -0.123. The van der Waals surface area contributed by atoms with Crippen LogP contribution in [0.15, 0.2) is 36.5 Å². The van der Waals surface area contributed by atoms with E-state index in [4.69, 9.17) is 0 Å². The van der Waals surface area contributed by atoms with Crippen LogP contribution in [0, 0.1) is 0 Å². The van der Waals surface area contributed by atoms with Crippen molar-refractivity contribution in [3.8, 4) is 0 Å². The van der Waals surface area contributed by atoms with Gasteiger partial charge >= 0.3 is 0 Å². The van der Waals surface area contributed by atoms with E-state index < -0.39 is 12.1 Å². The van der Waals surface area contributed by atoms with Gasteiger partial charge in [0.15, 0.2) is 0 Å². The molecule has 2 atom stereocenters. The highest BCUT2D eigenvalue weighted by molar-refractivity contribution is 5.76. The van der Waals surface area contributed by atoms with Gasteiger partial charge in [0.2, 0.25) is 5.91 Å². The molecule has 0 aromatic carbocycles. The summed E-state index contributed by atoms with van der Waals surface area (Å²) in [7, 11) is 0. The van der Waals surface area contributed by atoms with Crippen molar-refractivity contribution in [2.24, 2.45) is 0 Å². The number of hydrogen-bond acceptors (Lipinski definition) is 3. The number of nitrogens with one attached hydrogen (secondary N) is 1. The number of hydrogen-bond donors (Lipinski definition) is 3. The molecule has 2 unspecified atom stereocenters. The molecule has 0 bridgehead atoms. The third kappa shape index (κ3) is 28.1. The molecule has 0 fully saturated rings. The molecule has 0 radical (unpaired) electrons. The van der Waals surface area contributed by atoms with Gasteiger partial charge in [0, 0.05) is 6.42 Å². The molecule has 0 rings (SSSR count). The van der Waals surface area contributed by atoms with E-state index in [1.165, 1.54) is 109 Å². The Morgan fingerprint density at radius 1 is 0.575 bits per heavy atom. The summed E-state index contributed by atoms with van der Waals surface area (Å²) >= 11 is 0. The van der Waals surface area contributed by atoms with Gasteiger partial charge in [-0.25, -0.2) is 0 Å². The highest BCUT2D eigenvalue weighted by Crippen LogP contribution is 2.13. The normalized spacial score (nSPS) is 13.6. The Morgan fingerprint density at radius 3 is 1.45 bits per heavy atom. The number of carbonyl (C=O) groups is 1. The summed E-state index contributed by atoms with van der Waals surface area (Å²) in [6, 6.07) is -0.638. The minimum Gasteiger partial charge on any atom is -0.394 e. The molecule has 0 heterocycles. The predicted octanol–water partition coefficient (Wildman–Crippen LogP) is 9.90. The Balaban J connectivity index is 3.64. The SMILES string of the molecule is CCCCCCCCCCCCCC/C=C/CC/C=C/CC/C=C/C(O)C(CO)NC(=O)CCCCCCCC. The average Bonchev–Trinajstić information content (AvgIpc) is 2.96. The maximum atomic E-state index is 12.1. The van der Waals surface area contributed by atoms with Gasteiger partial charge in [0.25, 0.3) is 0 Å². The van der Waals surface area contributed by atoms with Crippen molar-refractivity contribution in [3.63, 3.8) is 0 Å². The minimum atomic E-state index is -0.863. The number of allylic oxidation sites excluding steroid dienone is 5. The first-order valence-electron chi connectivity index (χ1n) is 17.2. The topological polar surface area (TPSA) is 69.6 Å². The van der Waals surface area contributed by atoms with E-state index in [-0.39, 0.29) is 12.5 Å². The monoisotopic (exact) mass is 562 g/mol. The van der Waals surface area contributed by atoms with Gasteiger partial charge in [-0.1, -0.05) is 153 Å². The Morgan fingerprint density at radius 2 is 0.975 bits per heavy atom. The molecule has 0 aliphatic heterocycles. The van der Waals surface area contributed by atoms with Crippen molar-refractivity contribution >= 4 is 5.91 Å². The van der Waals surface area contributed by atoms with Gasteiger partial charge in [-0.05, 0) is 44.9 Å². The van der Waals surface area contributed by atoms with Crippen LogP contribution >= 0.6 is 0 Å². The van der Waals surface area contributed by atoms with E-state index in [1.54, 1.807) is 6.08 Å². The third-order valence-corrected chi connectivity index (χ3v) is 7.60. The number of aliphatic hydroxyl groups is 2. The molecule has 0 aliphatic rings. The molecule has 234 valence electrons. The molecular weight excluding hydrogens is 494 g/mol. The molecule has 0 saturated carbocycles. The summed E-state index contributed by atoms with van der Waals surface area (Å²) in [6.07, 6.45) is 41.1. The fourth-order valence-corrected chi connectivity index (χ4v) is 4.91. The second-order valence-corrected chi connectivity index (χ2v) is 11.6. The maximum absolute atomic E-state index is 12.1. The summed E-state index contributed by atoms with van der Waals surface area (Å²) in [5.41, 5.74) is 0. The molecule has 0 aromatic rings. The van der Waals surface area contributed by atoms with Gasteiger partial charge in [-0.2, -0.15) is 0 Å². The van der Waals surface area contributed by atoms with Crippen LogP contribution in [0.5, 0.6) is 0 Å². The van der Waals surface area contributed by atoms with Crippen LogP contribution in [0.25, 0.3) is 0 Å². The van der Waals surface area contributed by atoms with E-state index >= 15 is 0 Å². The van der Waals surface area contributed by atoms with E-state index in [1.807, 2.05) is 6.08 Å². The quantitative estimate of drug-likeness (QED) is 0.0603. The summed E-state index contributed by atoms with van der Waals surface area (Å²) in [6.45, 7) is 4.21. The summed E-state index contributed by atoms with van der Waals surface area (Å²) in [5.74, 6) is -0.0898. The average molecular weight is 562 g/mol. The molecule has 0 spiro atoms. The van der Waals surface area contributed by atoms with Gasteiger partial charge in [0.05, 0.1) is 18.8 Å². The Bertz CT molecular complexity index is 613. The lowest BCUT2D eigenvalue weighted by atomic mass is 10.0. The zero-order chi connectivity index (χ0) is 29.4. The van der Waals surface area contributed by atoms with Crippen molar-refractivity contribution < 1.29 is 15.0 Å². The zero-order valence-corrected chi connectivity index (χ0v) is 26.6. The molecular formula is C36H67NO3. The highest BCUT2D eigenvalue weighted by Gasteiger charge is 2.17. The summed E-state index contributed by atoms with van der Waals surface area (Å²) < 4.78 is 0. The van der Waals surface area contributed by atoms with Gasteiger partial charge < -0.3 is 15.5 Å². The lowest BCUT2D eigenvalue weighted by Gasteiger charge is -2.19. The summed E-state index contributed by atoms with van der Waals surface area (Å²) in [4.78, 5) is 12.1. The zero-order valence-electron chi connectivity index (χ0n) is 26.6. The lowest BCUT2D eigenvalue weighted by Crippen LogP contribution is -2.45. The molecule has 40 heavy (non-hydrogen) atoms. The third-order valence-electron chi connectivity index (χ3n) is 7.60. The molecule has 0 aromatic heterocycles. The first-order valence-corrected chi connectivity index (χ1v) is 17.2. The number of carbonyl (C=O) groups excluding carboxylic acids is 1. The fourth-order valence-electron chi connectivity index (χ4n) is 4.91. The first kappa shape index (κ1) is 38.6. The van der Waals surface area contributed by atoms with Crippen molar-refractivity contribution in [1.82, 2.24) is 5.32 Å². The smallest absolute Gasteiger partial charge is 0.220 e. The number of aliphatic hydroxyl groups excluding tert-OH is 2. The first-order chi connectivity index (χ1) is 19.7. The van der Waals surface area contributed by atoms with E-state index in [0.29, 0.717) is 6.42 Å². The second kappa shape index (κ2) is 32.1. The predicted molar refractivity (Wildman–Crippen MR) is 175 cm³/mol. The van der Waals surface area contributed by atoms with Crippen LogP contribution in [0.4, 0.5) is 0 Å². The van der Waals surface area contributed by atoms with Crippen LogP contribution in [0.1, 0.15) is 168 Å². The molecule has 1 amide bonds. The van der Waals surface area contributed by atoms with Crippen LogP contribution in [0.3, 0.4) is 0 Å². The van der Waals surface area contributed by atoms with Crippen LogP contribution < -0.4 is 5.32 Å². The van der Waals surface area contributed by atoms with Crippen LogP contribution in [-0.2, 0) is 4.79 Å². The second-order valence-electron chi connectivity index (χ2n) is 11.6. The Labute approximate surface area is 249 Å². The van der Waals surface area contributed by atoms with Crippen molar-refractivity contribution in [2.45, 2.75) is 180 Å². The van der Waals surface area contributed by atoms with Crippen molar-refractivity contribution in [2.75, 3.05) is 6.61 Å². The standard InChI is InChI=1S/C36H67NO3/c1-3-5-7-9-11-12-13-14-15-16-17-18-19-20-21-22-23-24-25-26-27-29-31-35(39)34(33-38)37-36(40)32-30-28-10-8-6-4-2/h20-21,24-25,29,31,34-35,38-39H,3-19,22-23,26-28,30,32-33H2,1-2H3,(H,37,40)/b21-20+,25-24+,31-29+. The van der Waals surface area contributed by atoms with Crippen molar-refractivity contribution in [3.05, 3.63) is 36.5 Å². The van der Waals surface area contributed by atoms with Gasteiger partial charge in [0.1, 0.15) is 0 Å². The molecule has 0 aliphatic carbocycles. The Kier molecular flexibility index (Phi) is 31.0. The van der Waals surface area contributed by atoms with Crippen LogP contribution in [-0.4, -0.2) is 34.9 Å². The molecule has 4 nitrogen and oxygen atoms in total. The van der Waals surface area contributed by atoms with E-state index in [2.05, 4.69) is 43.5 Å². The van der Waals surface area contributed by atoms with E-state index in [9.17, 15) is 15.0 Å². The van der Waals surface area contributed by atoms with E-state index in [0.717, 1.165) is 38.5 Å². The molecule has 3 N–H and O–H groups in total. The minimum absolute atomic E-state index is 0.0898. The van der Waals surface area contributed by atoms with Crippen molar-refractivity contribution in [1.29, 1.82) is 0 Å². The number of rotatable bonds is 30. The van der Waals surface area contributed by atoms with Gasteiger partial charge in [-0.3, -0.25) is 4.79 Å². The van der Waals surface area contributed by atoms with Crippen LogP contribution in [0.2, 0.25) is 0 Å². The maximum Gasteiger partial charge on any atom is 0.220 e. The number of unbranched alkanes of at least 4 members (excludes halogenated alkanes) is 19. The number of amides is 1. The highest BCUT2D eigenvalue weighted by atomic mass is 16.3. The fraction of sp³-hybridized carbons (Fsp3) is 0.806. The largest absolute Gasteiger partial charge is 0.394 e. The molecule has 0 saturated heterocycles.